The number of ether oxygens (including phenoxy) is 1. The first-order valence-electron chi connectivity index (χ1n) is 9.20. The second-order valence-electron chi connectivity index (χ2n) is 6.78. The Morgan fingerprint density at radius 2 is 2.19 bits per heavy atom. The Balaban J connectivity index is 1.41. The van der Waals surface area contributed by atoms with Crippen molar-refractivity contribution in [1.82, 2.24) is 19.9 Å². The van der Waals surface area contributed by atoms with E-state index in [-0.39, 0.29) is 11.8 Å². The van der Waals surface area contributed by atoms with Crippen molar-refractivity contribution in [2.75, 3.05) is 25.1 Å². The van der Waals surface area contributed by atoms with E-state index in [9.17, 15) is 4.79 Å². The topological polar surface area (TPSA) is 71.8 Å². The number of benzene rings is 1. The van der Waals surface area contributed by atoms with E-state index in [4.69, 9.17) is 4.74 Å². The van der Waals surface area contributed by atoms with Crippen LogP contribution in [0.1, 0.15) is 18.4 Å². The lowest BCUT2D eigenvalue weighted by atomic mass is 9.97. The first kappa shape index (κ1) is 17.3. The molecule has 0 spiro atoms. The molecule has 4 rings (SSSR count). The summed E-state index contributed by atoms with van der Waals surface area (Å²) in [7, 11) is 1.64. The SMILES string of the molecule is COc1cccc(CNC(=O)[C@H]2CCCN(c3nnc4ccccn34)C2)c1. The van der Waals surface area contributed by atoms with Crippen molar-refractivity contribution in [3.8, 4) is 5.75 Å². The van der Waals surface area contributed by atoms with E-state index in [0.29, 0.717) is 13.1 Å². The molecule has 0 unspecified atom stereocenters. The minimum atomic E-state index is -0.0552. The Labute approximate surface area is 158 Å². The molecule has 1 atom stereocenters. The van der Waals surface area contributed by atoms with E-state index in [0.717, 1.165) is 42.3 Å². The maximum Gasteiger partial charge on any atom is 0.231 e. The van der Waals surface area contributed by atoms with Crippen LogP contribution in [0.2, 0.25) is 0 Å². The van der Waals surface area contributed by atoms with E-state index >= 15 is 0 Å². The number of carbonyl (C=O) groups is 1. The number of aromatic nitrogens is 3. The number of hydrogen-bond donors (Lipinski definition) is 1. The van der Waals surface area contributed by atoms with Crippen LogP contribution >= 0.6 is 0 Å². The number of rotatable bonds is 5. The third-order valence-corrected chi connectivity index (χ3v) is 4.97. The molecule has 1 saturated heterocycles. The molecule has 0 saturated carbocycles. The normalized spacial score (nSPS) is 17.1. The summed E-state index contributed by atoms with van der Waals surface area (Å²) < 4.78 is 7.20. The molecular formula is C20H23N5O2. The quantitative estimate of drug-likeness (QED) is 0.751. The third kappa shape index (κ3) is 3.72. The summed E-state index contributed by atoms with van der Waals surface area (Å²) in [6.45, 7) is 2.04. The van der Waals surface area contributed by atoms with Gasteiger partial charge in [-0.05, 0) is 42.7 Å². The van der Waals surface area contributed by atoms with Crippen LogP contribution in [0.15, 0.2) is 48.7 Å². The Bertz CT molecular complexity index is 939. The van der Waals surface area contributed by atoms with Gasteiger partial charge in [0, 0.05) is 25.8 Å². The number of pyridine rings is 1. The number of fused-ring (bicyclic) bond motifs is 1. The van der Waals surface area contributed by atoms with Crippen LogP contribution in [0, 0.1) is 5.92 Å². The number of piperidine rings is 1. The Kier molecular flexibility index (Phi) is 4.91. The molecule has 1 aliphatic rings. The highest BCUT2D eigenvalue weighted by Gasteiger charge is 2.28. The summed E-state index contributed by atoms with van der Waals surface area (Å²) >= 11 is 0. The highest BCUT2D eigenvalue weighted by atomic mass is 16.5. The van der Waals surface area contributed by atoms with Crippen molar-refractivity contribution in [2.24, 2.45) is 5.92 Å². The number of methoxy groups -OCH3 is 1. The molecule has 0 bridgehead atoms. The lowest BCUT2D eigenvalue weighted by Gasteiger charge is -2.32. The third-order valence-electron chi connectivity index (χ3n) is 4.97. The molecule has 140 valence electrons. The zero-order chi connectivity index (χ0) is 18.6. The van der Waals surface area contributed by atoms with Crippen LogP contribution < -0.4 is 15.0 Å². The van der Waals surface area contributed by atoms with Gasteiger partial charge >= 0.3 is 0 Å². The zero-order valence-corrected chi connectivity index (χ0v) is 15.3. The number of nitrogens with zero attached hydrogens (tertiary/aromatic N) is 4. The fraction of sp³-hybridized carbons (Fsp3) is 0.350. The summed E-state index contributed by atoms with van der Waals surface area (Å²) in [4.78, 5) is 14.8. The Morgan fingerprint density at radius 1 is 1.26 bits per heavy atom. The molecule has 0 aliphatic carbocycles. The molecule has 2 aromatic heterocycles. The summed E-state index contributed by atoms with van der Waals surface area (Å²) in [6, 6.07) is 13.6. The predicted molar refractivity (Wildman–Crippen MR) is 103 cm³/mol. The number of amides is 1. The summed E-state index contributed by atoms with van der Waals surface area (Å²) in [5.41, 5.74) is 1.84. The highest BCUT2D eigenvalue weighted by molar-refractivity contribution is 5.79. The number of carbonyl (C=O) groups excluding carboxylic acids is 1. The lowest BCUT2D eigenvalue weighted by Crippen LogP contribution is -2.43. The molecule has 1 amide bonds. The van der Waals surface area contributed by atoms with Crippen LogP contribution in [-0.2, 0) is 11.3 Å². The maximum atomic E-state index is 12.7. The van der Waals surface area contributed by atoms with Crippen LogP contribution in [0.25, 0.3) is 5.65 Å². The van der Waals surface area contributed by atoms with Crippen LogP contribution in [0.5, 0.6) is 5.75 Å². The monoisotopic (exact) mass is 365 g/mol. The van der Waals surface area contributed by atoms with Crippen molar-refractivity contribution < 1.29 is 9.53 Å². The van der Waals surface area contributed by atoms with Gasteiger partial charge < -0.3 is 15.0 Å². The number of hydrogen-bond acceptors (Lipinski definition) is 5. The first-order chi connectivity index (χ1) is 13.2. The fourth-order valence-corrected chi connectivity index (χ4v) is 3.53. The molecule has 7 nitrogen and oxygen atoms in total. The van der Waals surface area contributed by atoms with Crippen molar-refractivity contribution in [1.29, 1.82) is 0 Å². The van der Waals surface area contributed by atoms with Crippen LogP contribution in [-0.4, -0.2) is 40.7 Å². The van der Waals surface area contributed by atoms with Gasteiger partial charge in [-0.3, -0.25) is 9.20 Å². The standard InChI is InChI=1S/C20H23N5O2/c1-27-17-8-4-6-15(12-17)13-21-19(26)16-7-5-10-24(14-16)20-23-22-18-9-2-3-11-25(18)20/h2-4,6,8-9,11-12,16H,5,7,10,13-14H2,1H3,(H,21,26)/t16-/m0/s1. The summed E-state index contributed by atoms with van der Waals surface area (Å²) in [6.07, 6.45) is 3.80. The van der Waals surface area contributed by atoms with E-state index < -0.39 is 0 Å². The van der Waals surface area contributed by atoms with Crippen LogP contribution in [0.4, 0.5) is 5.95 Å². The second kappa shape index (κ2) is 7.65. The Morgan fingerprint density at radius 3 is 3.07 bits per heavy atom. The summed E-state index contributed by atoms with van der Waals surface area (Å²) in [5, 5.41) is 11.6. The molecule has 1 N–H and O–H groups in total. The van der Waals surface area contributed by atoms with Gasteiger partial charge in [0.1, 0.15) is 5.75 Å². The minimum Gasteiger partial charge on any atom is -0.497 e. The van der Waals surface area contributed by atoms with Crippen LogP contribution in [0.3, 0.4) is 0 Å². The largest absolute Gasteiger partial charge is 0.497 e. The number of anilines is 1. The van der Waals surface area contributed by atoms with Crippen molar-refractivity contribution >= 4 is 17.5 Å². The predicted octanol–water partition coefficient (Wildman–Crippen LogP) is 2.27. The molecule has 3 aromatic rings. The first-order valence-corrected chi connectivity index (χ1v) is 9.20. The summed E-state index contributed by atoms with van der Waals surface area (Å²) in [5.74, 6) is 1.62. The van der Waals surface area contributed by atoms with Gasteiger partial charge in [-0.2, -0.15) is 0 Å². The molecule has 1 aromatic carbocycles. The molecular weight excluding hydrogens is 342 g/mol. The van der Waals surface area contributed by atoms with Crippen molar-refractivity contribution in [2.45, 2.75) is 19.4 Å². The average molecular weight is 365 g/mol. The fourth-order valence-electron chi connectivity index (χ4n) is 3.53. The molecule has 1 aliphatic heterocycles. The smallest absolute Gasteiger partial charge is 0.231 e. The molecule has 1 fully saturated rings. The van der Waals surface area contributed by atoms with Gasteiger partial charge in [0.2, 0.25) is 11.9 Å². The highest BCUT2D eigenvalue weighted by Crippen LogP contribution is 2.22. The van der Waals surface area contributed by atoms with Gasteiger partial charge in [-0.25, -0.2) is 0 Å². The minimum absolute atomic E-state index is 0.0552. The van der Waals surface area contributed by atoms with Gasteiger partial charge in [0.05, 0.1) is 13.0 Å². The van der Waals surface area contributed by atoms with Gasteiger partial charge in [0.25, 0.3) is 0 Å². The van der Waals surface area contributed by atoms with Crippen molar-refractivity contribution in [3.63, 3.8) is 0 Å². The van der Waals surface area contributed by atoms with E-state index in [1.807, 2.05) is 53.1 Å². The van der Waals surface area contributed by atoms with E-state index in [2.05, 4.69) is 20.4 Å². The zero-order valence-electron chi connectivity index (χ0n) is 15.3. The van der Waals surface area contributed by atoms with E-state index in [1.54, 1.807) is 7.11 Å². The Hall–Kier alpha value is -3.09. The van der Waals surface area contributed by atoms with Gasteiger partial charge in [-0.15, -0.1) is 10.2 Å². The number of nitrogens with one attached hydrogen (secondary N) is 1. The van der Waals surface area contributed by atoms with E-state index in [1.165, 1.54) is 0 Å². The second-order valence-corrected chi connectivity index (χ2v) is 6.78. The molecule has 7 heteroatoms. The van der Waals surface area contributed by atoms with Gasteiger partial charge in [0.15, 0.2) is 5.65 Å². The van der Waals surface area contributed by atoms with Gasteiger partial charge in [-0.1, -0.05) is 18.2 Å². The lowest BCUT2D eigenvalue weighted by molar-refractivity contribution is -0.125. The average Bonchev–Trinajstić information content (AvgIpc) is 3.16. The molecule has 3 heterocycles. The molecule has 27 heavy (non-hydrogen) atoms. The molecule has 0 radical (unpaired) electrons. The maximum absolute atomic E-state index is 12.7. The van der Waals surface area contributed by atoms with Crippen molar-refractivity contribution in [3.05, 3.63) is 54.2 Å².